The Kier molecular flexibility index (Phi) is 4.26. The molecule has 3 rings (SSSR count). The van der Waals surface area contributed by atoms with Gasteiger partial charge in [-0.3, -0.25) is 0 Å². The van der Waals surface area contributed by atoms with Crippen LogP contribution in [0.1, 0.15) is 12.5 Å². The van der Waals surface area contributed by atoms with Crippen LogP contribution < -0.4 is 5.32 Å². The molecule has 0 saturated carbocycles. The first kappa shape index (κ1) is 14.5. The van der Waals surface area contributed by atoms with E-state index in [0.29, 0.717) is 6.04 Å². The standard InChI is InChI=1S/C15H14Br2N4/c1-10(8-11-2-4-12(16)5-3-11)19-14-6-7-21-15(20-14)13(17)9-18-21/h2-7,9-10H,8H2,1H3,(H,19,20). The van der Waals surface area contributed by atoms with Crippen molar-refractivity contribution in [1.82, 2.24) is 14.6 Å². The molecule has 6 heteroatoms. The number of aromatic nitrogens is 3. The molecule has 1 atom stereocenters. The number of hydrogen-bond donors (Lipinski definition) is 1. The summed E-state index contributed by atoms with van der Waals surface area (Å²) in [5.74, 6) is 0.855. The number of benzene rings is 1. The van der Waals surface area contributed by atoms with E-state index in [0.717, 1.165) is 26.8 Å². The zero-order valence-corrected chi connectivity index (χ0v) is 14.6. The predicted molar refractivity (Wildman–Crippen MR) is 91.6 cm³/mol. The van der Waals surface area contributed by atoms with E-state index in [9.17, 15) is 0 Å². The Morgan fingerprint density at radius 3 is 2.71 bits per heavy atom. The molecule has 0 amide bonds. The molecule has 2 heterocycles. The topological polar surface area (TPSA) is 42.2 Å². The van der Waals surface area contributed by atoms with Gasteiger partial charge >= 0.3 is 0 Å². The lowest BCUT2D eigenvalue weighted by atomic mass is 10.1. The van der Waals surface area contributed by atoms with E-state index >= 15 is 0 Å². The third-order valence-electron chi connectivity index (χ3n) is 3.18. The van der Waals surface area contributed by atoms with Crippen molar-refractivity contribution in [3.05, 3.63) is 57.2 Å². The van der Waals surface area contributed by atoms with Crippen LogP contribution in [0.3, 0.4) is 0 Å². The molecule has 0 aliphatic rings. The van der Waals surface area contributed by atoms with Crippen molar-refractivity contribution >= 4 is 43.3 Å². The summed E-state index contributed by atoms with van der Waals surface area (Å²) in [7, 11) is 0. The first-order valence-corrected chi connectivity index (χ1v) is 8.21. The molecule has 3 aromatic rings. The molecule has 0 spiro atoms. The molecule has 0 fully saturated rings. The normalized spacial score (nSPS) is 12.5. The SMILES string of the molecule is CC(Cc1ccc(Br)cc1)Nc1ccn2ncc(Br)c2n1. The molecule has 0 aliphatic heterocycles. The predicted octanol–water partition coefficient (Wildman–Crippen LogP) is 4.30. The van der Waals surface area contributed by atoms with Gasteiger partial charge in [0, 0.05) is 16.7 Å². The minimum atomic E-state index is 0.294. The second-order valence-electron chi connectivity index (χ2n) is 4.95. The van der Waals surface area contributed by atoms with Crippen LogP contribution >= 0.6 is 31.9 Å². The highest BCUT2D eigenvalue weighted by Crippen LogP contribution is 2.18. The first-order chi connectivity index (χ1) is 10.1. The van der Waals surface area contributed by atoms with Gasteiger partial charge in [0.15, 0.2) is 5.65 Å². The molecule has 1 N–H and O–H groups in total. The van der Waals surface area contributed by atoms with Gasteiger partial charge < -0.3 is 5.32 Å². The van der Waals surface area contributed by atoms with E-state index in [1.807, 2.05) is 12.3 Å². The van der Waals surface area contributed by atoms with Crippen molar-refractivity contribution in [3.8, 4) is 0 Å². The van der Waals surface area contributed by atoms with Gasteiger partial charge in [0.1, 0.15) is 5.82 Å². The van der Waals surface area contributed by atoms with E-state index < -0.39 is 0 Å². The molecule has 0 radical (unpaired) electrons. The maximum absolute atomic E-state index is 4.57. The van der Waals surface area contributed by atoms with E-state index in [2.05, 4.69) is 78.4 Å². The van der Waals surface area contributed by atoms with Crippen LogP contribution in [0.2, 0.25) is 0 Å². The van der Waals surface area contributed by atoms with Crippen molar-refractivity contribution in [2.75, 3.05) is 5.32 Å². The summed E-state index contributed by atoms with van der Waals surface area (Å²) in [6.45, 7) is 2.15. The van der Waals surface area contributed by atoms with Gasteiger partial charge in [-0.25, -0.2) is 9.50 Å². The summed E-state index contributed by atoms with van der Waals surface area (Å²) in [6, 6.07) is 10.6. The Labute approximate surface area is 139 Å². The summed E-state index contributed by atoms with van der Waals surface area (Å²) in [5, 5.41) is 7.62. The monoisotopic (exact) mass is 408 g/mol. The molecule has 1 aromatic carbocycles. The summed E-state index contributed by atoms with van der Waals surface area (Å²) < 4.78 is 3.74. The van der Waals surface area contributed by atoms with Gasteiger partial charge in [0.25, 0.3) is 0 Å². The van der Waals surface area contributed by atoms with Crippen LogP contribution in [0.5, 0.6) is 0 Å². The smallest absolute Gasteiger partial charge is 0.171 e. The zero-order valence-electron chi connectivity index (χ0n) is 11.4. The highest BCUT2D eigenvalue weighted by Gasteiger charge is 2.07. The van der Waals surface area contributed by atoms with Gasteiger partial charge in [-0.1, -0.05) is 28.1 Å². The molecule has 0 bridgehead atoms. The van der Waals surface area contributed by atoms with Crippen molar-refractivity contribution in [2.24, 2.45) is 0 Å². The van der Waals surface area contributed by atoms with Crippen molar-refractivity contribution in [2.45, 2.75) is 19.4 Å². The fourth-order valence-electron chi connectivity index (χ4n) is 2.20. The second kappa shape index (κ2) is 6.15. The van der Waals surface area contributed by atoms with E-state index in [1.54, 1.807) is 10.7 Å². The number of nitrogens with zero attached hydrogens (tertiary/aromatic N) is 3. The summed E-state index contributed by atoms with van der Waals surface area (Å²) in [6.07, 6.45) is 4.60. The van der Waals surface area contributed by atoms with Crippen molar-refractivity contribution in [3.63, 3.8) is 0 Å². The Morgan fingerprint density at radius 2 is 1.95 bits per heavy atom. The molecule has 21 heavy (non-hydrogen) atoms. The van der Waals surface area contributed by atoms with Crippen LogP contribution in [0.15, 0.2) is 51.7 Å². The average molecular weight is 410 g/mol. The maximum atomic E-state index is 4.57. The Bertz CT molecular complexity index is 752. The largest absolute Gasteiger partial charge is 0.367 e. The van der Waals surface area contributed by atoms with Gasteiger partial charge in [-0.15, -0.1) is 0 Å². The van der Waals surface area contributed by atoms with E-state index in [1.165, 1.54) is 5.56 Å². The first-order valence-electron chi connectivity index (χ1n) is 6.63. The molecule has 2 aromatic heterocycles. The molecular formula is C15H14Br2N4. The maximum Gasteiger partial charge on any atom is 0.171 e. The summed E-state index contributed by atoms with van der Waals surface area (Å²) >= 11 is 6.90. The van der Waals surface area contributed by atoms with E-state index in [4.69, 9.17) is 0 Å². The zero-order chi connectivity index (χ0) is 14.8. The highest BCUT2D eigenvalue weighted by atomic mass is 79.9. The minimum absolute atomic E-state index is 0.294. The fraction of sp³-hybridized carbons (Fsp3) is 0.200. The Morgan fingerprint density at radius 1 is 1.19 bits per heavy atom. The molecule has 1 unspecified atom stereocenters. The van der Waals surface area contributed by atoms with Gasteiger partial charge in [0.2, 0.25) is 0 Å². The van der Waals surface area contributed by atoms with Crippen LogP contribution in [0, 0.1) is 0 Å². The van der Waals surface area contributed by atoms with E-state index in [-0.39, 0.29) is 0 Å². The van der Waals surface area contributed by atoms with Gasteiger partial charge in [-0.2, -0.15) is 5.10 Å². The summed E-state index contributed by atoms with van der Waals surface area (Å²) in [4.78, 5) is 4.57. The quantitative estimate of drug-likeness (QED) is 0.698. The molecule has 0 aliphatic carbocycles. The van der Waals surface area contributed by atoms with Crippen LogP contribution in [-0.2, 0) is 6.42 Å². The van der Waals surface area contributed by atoms with Crippen LogP contribution in [-0.4, -0.2) is 20.6 Å². The van der Waals surface area contributed by atoms with Gasteiger partial charge in [-0.05, 0) is 53.0 Å². The molecular weight excluding hydrogens is 396 g/mol. The lowest BCUT2D eigenvalue weighted by Gasteiger charge is -2.14. The van der Waals surface area contributed by atoms with Crippen molar-refractivity contribution < 1.29 is 0 Å². The number of anilines is 1. The van der Waals surface area contributed by atoms with Crippen LogP contribution in [0.25, 0.3) is 5.65 Å². The third kappa shape index (κ3) is 3.44. The Hall–Kier alpha value is -1.40. The fourth-order valence-corrected chi connectivity index (χ4v) is 2.83. The number of rotatable bonds is 4. The Balaban J connectivity index is 1.71. The molecule has 0 saturated heterocycles. The van der Waals surface area contributed by atoms with Crippen molar-refractivity contribution in [1.29, 1.82) is 0 Å². The lowest BCUT2D eigenvalue weighted by molar-refractivity contribution is 0.783. The molecule has 108 valence electrons. The number of halogens is 2. The number of hydrogen-bond acceptors (Lipinski definition) is 3. The lowest BCUT2D eigenvalue weighted by Crippen LogP contribution is -2.19. The second-order valence-corrected chi connectivity index (χ2v) is 6.72. The third-order valence-corrected chi connectivity index (χ3v) is 4.26. The number of nitrogens with one attached hydrogen (secondary N) is 1. The highest BCUT2D eigenvalue weighted by molar-refractivity contribution is 9.10. The minimum Gasteiger partial charge on any atom is -0.367 e. The van der Waals surface area contributed by atoms with Crippen LogP contribution in [0.4, 0.5) is 5.82 Å². The molecule has 4 nitrogen and oxygen atoms in total. The van der Waals surface area contributed by atoms with Gasteiger partial charge in [0.05, 0.1) is 10.7 Å². The average Bonchev–Trinajstić information content (AvgIpc) is 2.83. The summed E-state index contributed by atoms with van der Waals surface area (Å²) in [5.41, 5.74) is 2.11. The number of fused-ring (bicyclic) bond motifs is 1.